The largest absolute Gasteiger partial charge is 0.497 e. The molecule has 0 aliphatic heterocycles. The van der Waals surface area contributed by atoms with E-state index in [-0.39, 0.29) is 30.6 Å². The van der Waals surface area contributed by atoms with E-state index in [4.69, 9.17) is 4.74 Å². The molecule has 0 bridgehead atoms. The zero-order valence-corrected chi connectivity index (χ0v) is 13.8. The molecule has 0 fully saturated rings. The number of ether oxygens (including phenoxy) is 1. The first-order valence-electron chi connectivity index (χ1n) is 7.83. The summed E-state index contributed by atoms with van der Waals surface area (Å²) < 4.78 is 18.0. The number of carbonyl (C=O) groups is 1. The predicted octanol–water partition coefficient (Wildman–Crippen LogP) is 3.18. The van der Waals surface area contributed by atoms with Crippen molar-refractivity contribution >= 4 is 5.91 Å². The summed E-state index contributed by atoms with van der Waals surface area (Å²) in [4.78, 5) is 12.0. The second kappa shape index (κ2) is 8.45. The fourth-order valence-electron chi connectivity index (χ4n) is 2.41. The number of hydrogen-bond acceptors (Lipinski definition) is 3. The highest BCUT2D eigenvalue weighted by atomic mass is 19.1. The molecule has 2 rings (SSSR count). The highest BCUT2D eigenvalue weighted by Crippen LogP contribution is 2.20. The first-order chi connectivity index (χ1) is 11.5. The van der Waals surface area contributed by atoms with Crippen molar-refractivity contribution in [3.8, 4) is 5.75 Å². The van der Waals surface area contributed by atoms with Gasteiger partial charge < -0.3 is 15.2 Å². The van der Waals surface area contributed by atoms with Crippen LogP contribution in [0.25, 0.3) is 0 Å². The molecule has 2 aromatic carbocycles. The Morgan fingerprint density at radius 2 is 1.71 bits per heavy atom. The van der Waals surface area contributed by atoms with Crippen molar-refractivity contribution in [2.24, 2.45) is 0 Å². The first kappa shape index (κ1) is 17.9. The lowest BCUT2D eigenvalue weighted by atomic mass is 9.97. The van der Waals surface area contributed by atoms with Gasteiger partial charge in [-0.3, -0.25) is 4.79 Å². The fourth-order valence-corrected chi connectivity index (χ4v) is 2.41. The van der Waals surface area contributed by atoms with Crippen molar-refractivity contribution in [3.05, 3.63) is 65.5 Å². The van der Waals surface area contributed by atoms with Gasteiger partial charge in [-0.25, -0.2) is 4.39 Å². The summed E-state index contributed by atoms with van der Waals surface area (Å²) in [5.41, 5.74) is 1.62. The van der Waals surface area contributed by atoms with Crippen LogP contribution in [0.1, 0.15) is 36.5 Å². The zero-order valence-electron chi connectivity index (χ0n) is 13.8. The number of methoxy groups -OCH3 is 1. The summed E-state index contributed by atoms with van der Waals surface area (Å²) in [5.74, 6) is 0.240. The van der Waals surface area contributed by atoms with Crippen LogP contribution in [-0.2, 0) is 4.79 Å². The molecular weight excluding hydrogens is 309 g/mol. The standard InChI is InChI=1S/C19H22FNO3/c1-13(14-3-7-16(20)8-4-14)11-19(23)21-12-18(22)15-5-9-17(24-2)10-6-15/h3-10,13,18,22H,11-12H2,1-2H3,(H,21,23)/t13-,18+/m1/s1. The van der Waals surface area contributed by atoms with Gasteiger partial charge in [-0.1, -0.05) is 31.2 Å². The van der Waals surface area contributed by atoms with Crippen LogP contribution in [-0.4, -0.2) is 24.7 Å². The highest BCUT2D eigenvalue weighted by Gasteiger charge is 2.13. The van der Waals surface area contributed by atoms with Crippen LogP contribution in [0.5, 0.6) is 5.75 Å². The van der Waals surface area contributed by atoms with Crippen LogP contribution >= 0.6 is 0 Å². The van der Waals surface area contributed by atoms with Crippen molar-refractivity contribution in [2.45, 2.75) is 25.4 Å². The highest BCUT2D eigenvalue weighted by molar-refractivity contribution is 5.76. The minimum absolute atomic E-state index is 0.0243. The summed E-state index contributed by atoms with van der Waals surface area (Å²) in [6, 6.07) is 13.2. The maximum absolute atomic E-state index is 12.9. The van der Waals surface area contributed by atoms with E-state index < -0.39 is 6.10 Å². The number of nitrogens with one attached hydrogen (secondary N) is 1. The Morgan fingerprint density at radius 1 is 1.12 bits per heavy atom. The maximum Gasteiger partial charge on any atom is 0.220 e. The van der Waals surface area contributed by atoms with Crippen molar-refractivity contribution in [2.75, 3.05) is 13.7 Å². The third-order valence-electron chi connectivity index (χ3n) is 3.92. The molecule has 0 aliphatic carbocycles. The number of aliphatic hydroxyl groups excluding tert-OH is 1. The number of hydrogen-bond donors (Lipinski definition) is 2. The molecule has 0 radical (unpaired) electrons. The average Bonchev–Trinajstić information content (AvgIpc) is 2.60. The van der Waals surface area contributed by atoms with Crippen LogP contribution < -0.4 is 10.1 Å². The average molecular weight is 331 g/mol. The number of rotatable bonds is 7. The first-order valence-corrected chi connectivity index (χ1v) is 7.83. The van der Waals surface area contributed by atoms with Gasteiger partial charge >= 0.3 is 0 Å². The Kier molecular flexibility index (Phi) is 6.32. The molecule has 1 amide bonds. The van der Waals surface area contributed by atoms with E-state index in [1.54, 1.807) is 43.5 Å². The van der Waals surface area contributed by atoms with Gasteiger partial charge in [0.2, 0.25) is 5.91 Å². The van der Waals surface area contributed by atoms with Crippen molar-refractivity contribution in [1.82, 2.24) is 5.32 Å². The van der Waals surface area contributed by atoms with Crippen molar-refractivity contribution in [3.63, 3.8) is 0 Å². The molecule has 0 heterocycles. The molecule has 0 saturated carbocycles. The van der Waals surface area contributed by atoms with Crippen LogP contribution in [0.4, 0.5) is 4.39 Å². The number of amides is 1. The minimum atomic E-state index is -0.777. The predicted molar refractivity (Wildman–Crippen MR) is 90.4 cm³/mol. The van der Waals surface area contributed by atoms with E-state index in [0.29, 0.717) is 11.3 Å². The van der Waals surface area contributed by atoms with Crippen LogP contribution in [0.3, 0.4) is 0 Å². The van der Waals surface area contributed by atoms with Crippen LogP contribution in [0.2, 0.25) is 0 Å². The Labute approximate surface area is 141 Å². The summed E-state index contributed by atoms with van der Waals surface area (Å²) in [5, 5.41) is 12.8. The van der Waals surface area contributed by atoms with Gasteiger partial charge in [0.1, 0.15) is 11.6 Å². The number of aliphatic hydroxyl groups is 1. The molecular formula is C19H22FNO3. The lowest BCUT2D eigenvalue weighted by molar-refractivity contribution is -0.121. The molecule has 0 unspecified atom stereocenters. The molecule has 24 heavy (non-hydrogen) atoms. The lowest BCUT2D eigenvalue weighted by Crippen LogP contribution is -2.29. The molecule has 0 aromatic heterocycles. The number of carbonyl (C=O) groups excluding carboxylic acids is 1. The summed E-state index contributed by atoms with van der Waals surface area (Å²) in [6.45, 7) is 2.05. The van der Waals surface area contributed by atoms with E-state index in [0.717, 1.165) is 5.56 Å². The molecule has 5 heteroatoms. The quantitative estimate of drug-likeness (QED) is 0.819. The van der Waals surface area contributed by atoms with Crippen molar-refractivity contribution in [1.29, 1.82) is 0 Å². The van der Waals surface area contributed by atoms with Crippen molar-refractivity contribution < 1.29 is 19.0 Å². The van der Waals surface area contributed by atoms with Gasteiger partial charge in [-0.15, -0.1) is 0 Å². The molecule has 2 aromatic rings. The van der Waals surface area contributed by atoms with E-state index in [9.17, 15) is 14.3 Å². The second-order valence-electron chi connectivity index (χ2n) is 5.75. The lowest BCUT2D eigenvalue weighted by Gasteiger charge is -2.15. The maximum atomic E-state index is 12.9. The third kappa shape index (κ3) is 5.06. The molecule has 2 atom stereocenters. The monoisotopic (exact) mass is 331 g/mol. The van der Waals surface area contributed by atoms with E-state index in [1.807, 2.05) is 6.92 Å². The Hall–Kier alpha value is -2.40. The van der Waals surface area contributed by atoms with E-state index >= 15 is 0 Å². The Morgan fingerprint density at radius 3 is 2.29 bits per heavy atom. The van der Waals surface area contributed by atoms with Gasteiger partial charge in [0.15, 0.2) is 0 Å². The van der Waals surface area contributed by atoms with Gasteiger partial charge in [0.25, 0.3) is 0 Å². The Balaban J connectivity index is 1.82. The number of benzene rings is 2. The molecule has 0 saturated heterocycles. The van der Waals surface area contributed by atoms with Gasteiger partial charge in [0.05, 0.1) is 13.2 Å². The van der Waals surface area contributed by atoms with E-state index in [2.05, 4.69) is 5.32 Å². The summed E-state index contributed by atoms with van der Waals surface area (Å²) in [6.07, 6.45) is -0.498. The number of halogens is 1. The third-order valence-corrected chi connectivity index (χ3v) is 3.92. The second-order valence-corrected chi connectivity index (χ2v) is 5.75. The SMILES string of the molecule is COc1ccc([C@@H](O)CNC(=O)C[C@@H](C)c2ccc(F)cc2)cc1. The summed E-state index contributed by atoms with van der Waals surface area (Å²) >= 11 is 0. The normalized spacial score (nSPS) is 13.2. The fraction of sp³-hybridized carbons (Fsp3) is 0.316. The minimum Gasteiger partial charge on any atom is -0.497 e. The van der Waals surface area contributed by atoms with Gasteiger partial charge in [-0.05, 0) is 41.3 Å². The molecule has 128 valence electrons. The van der Waals surface area contributed by atoms with Crippen LogP contribution in [0, 0.1) is 5.82 Å². The van der Waals surface area contributed by atoms with E-state index in [1.165, 1.54) is 12.1 Å². The summed E-state index contributed by atoms with van der Waals surface area (Å²) in [7, 11) is 1.58. The zero-order chi connectivity index (χ0) is 17.5. The topological polar surface area (TPSA) is 58.6 Å². The molecule has 0 spiro atoms. The van der Waals surface area contributed by atoms with Gasteiger partial charge in [-0.2, -0.15) is 0 Å². The molecule has 4 nitrogen and oxygen atoms in total. The molecule has 0 aliphatic rings. The molecule has 2 N–H and O–H groups in total. The van der Waals surface area contributed by atoms with Crippen LogP contribution in [0.15, 0.2) is 48.5 Å². The van der Waals surface area contributed by atoms with Gasteiger partial charge in [0, 0.05) is 13.0 Å². The Bertz CT molecular complexity index is 655. The smallest absolute Gasteiger partial charge is 0.220 e.